The van der Waals surface area contributed by atoms with E-state index in [1.807, 2.05) is 0 Å². The third kappa shape index (κ3) is 2.59. The van der Waals surface area contributed by atoms with Crippen molar-refractivity contribution in [1.82, 2.24) is 4.90 Å². The van der Waals surface area contributed by atoms with Gasteiger partial charge in [-0.2, -0.15) is 0 Å². The highest BCUT2D eigenvalue weighted by Crippen LogP contribution is 2.36. The Balaban J connectivity index is 1.64. The molecule has 1 fully saturated rings. The van der Waals surface area contributed by atoms with Crippen LogP contribution >= 0.6 is 0 Å². The van der Waals surface area contributed by atoms with Crippen molar-refractivity contribution in [3.63, 3.8) is 0 Å². The summed E-state index contributed by atoms with van der Waals surface area (Å²) in [6.45, 7) is 3.65. The van der Waals surface area contributed by atoms with Crippen molar-refractivity contribution < 1.29 is 0 Å². The van der Waals surface area contributed by atoms with Crippen molar-refractivity contribution in [3.05, 3.63) is 71.3 Å². The van der Waals surface area contributed by atoms with Gasteiger partial charge < -0.3 is 0 Å². The van der Waals surface area contributed by atoms with E-state index in [2.05, 4.69) is 66.4 Å². The molecule has 0 unspecified atom stereocenters. The Morgan fingerprint density at radius 3 is 2.32 bits per heavy atom. The summed E-state index contributed by atoms with van der Waals surface area (Å²) >= 11 is 0. The molecule has 2 heterocycles. The third-order valence-electron chi connectivity index (χ3n) is 5.71. The molecular formula is C21H25N. The molecule has 0 spiro atoms. The van der Waals surface area contributed by atoms with Crippen LogP contribution < -0.4 is 0 Å². The molecule has 114 valence electrons. The predicted molar refractivity (Wildman–Crippen MR) is 91.9 cm³/mol. The average Bonchev–Trinajstić information content (AvgIpc) is 2.55. The molecule has 0 saturated carbocycles. The Kier molecular flexibility index (Phi) is 3.75. The van der Waals surface area contributed by atoms with Gasteiger partial charge in [0.2, 0.25) is 0 Å². The van der Waals surface area contributed by atoms with Gasteiger partial charge in [0.15, 0.2) is 0 Å². The van der Waals surface area contributed by atoms with Crippen LogP contribution in [0.1, 0.15) is 42.5 Å². The van der Waals surface area contributed by atoms with Crippen LogP contribution in [-0.4, -0.2) is 17.5 Å². The molecule has 1 saturated heterocycles. The zero-order chi connectivity index (χ0) is 14.9. The summed E-state index contributed by atoms with van der Waals surface area (Å²) < 4.78 is 0. The minimum atomic E-state index is 0.527. The maximum absolute atomic E-state index is 2.78. The lowest BCUT2D eigenvalue weighted by Gasteiger charge is -2.45. The van der Waals surface area contributed by atoms with E-state index in [4.69, 9.17) is 0 Å². The molecule has 0 N–H and O–H groups in total. The maximum Gasteiger partial charge on any atom is 0.0323 e. The van der Waals surface area contributed by atoms with Gasteiger partial charge >= 0.3 is 0 Å². The molecule has 0 aromatic heterocycles. The number of nitrogens with zero attached hydrogens (tertiary/aromatic N) is 1. The highest BCUT2D eigenvalue weighted by atomic mass is 15.2. The second-order valence-electron chi connectivity index (χ2n) is 7.06. The van der Waals surface area contributed by atoms with Gasteiger partial charge in [-0.05, 0) is 55.2 Å². The summed E-state index contributed by atoms with van der Waals surface area (Å²) in [5.41, 5.74) is 4.65. The van der Waals surface area contributed by atoms with Gasteiger partial charge in [0, 0.05) is 18.6 Å². The topological polar surface area (TPSA) is 3.24 Å². The number of piperidine rings is 1. The van der Waals surface area contributed by atoms with E-state index in [-0.39, 0.29) is 0 Å². The summed E-state index contributed by atoms with van der Waals surface area (Å²) in [4.78, 5) is 2.78. The van der Waals surface area contributed by atoms with Gasteiger partial charge in [0.05, 0.1) is 0 Å². The molecule has 5 rings (SSSR count). The van der Waals surface area contributed by atoms with Crippen molar-refractivity contribution in [1.29, 1.82) is 0 Å². The summed E-state index contributed by atoms with van der Waals surface area (Å²) in [7, 11) is 0. The lowest BCUT2D eigenvalue weighted by molar-refractivity contribution is 0.0643. The van der Waals surface area contributed by atoms with Crippen LogP contribution in [0.25, 0.3) is 0 Å². The molecule has 2 aliphatic heterocycles. The SMILES string of the molecule is C[C@@H](c1ccccc1)N1C[C@@H]2CC[C@H]1Cc1ccccc1C2. The van der Waals surface area contributed by atoms with E-state index >= 15 is 0 Å². The summed E-state index contributed by atoms with van der Waals surface area (Å²) in [5, 5.41) is 0. The van der Waals surface area contributed by atoms with Crippen molar-refractivity contribution in [3.8, 4) is 0 Å². The summed E-state index contributed by atoms with van der Waals surface area (Å²) in [5.74, 6) is 0.823. The molecule has 22 heavy (non-hydrogen) atoms. The molecule has 2 aromatic carbocycles. The number of rotatable bonds is 2. The molecule has 1 aliphatic carbocycles. The van der Waals surface area contributed by atoms with Crippen molar-refractivity contribution >= 4 is 0 Å². The third-order valence-corrected chi connectivity index (χ3v) is 5.71. The molecule has 1 heteroatoms. The minimum Gasteiger partial charge on any atom is -0.293 e. The molecule has 3 aliphatic rings. The van der Waals surface area contributed by atoms with E-state index in [1.54, 1.807) is 11.1 Å². The Labute approximate surface area is 134 Å². The summed E-state index contributed by atoms with van der Waals surface area (Å²) in [6.07, 6.45) is 5.24. The Morgan fingerprint density at radius 2 is 1.55 bits per heavy atom. The van der Waals surface area contributed by atoms with Crippen LogP contribution in [0, 0.1) is 5.92 Å². The van der Waals surface area contributed by atoms with Crippen LogP contribution in [-0.2, 0) is 12.8 Å². The van der Waals surface area contributed by atoms with Gasteiger partial charge in [-0.1, -0.05) is 54.6 Å². The molecular weight excluding hydrogens is 266 g/mol. The van der Waals surface area contributed by atoms with Crippen LogP contribution in [0.15, 0.2) is 54.6 Å². The van der Waals surface area contributed by atoms with Crippen molar-refractivity contribution in [2.45, 2.75) is 44.7 Å². The standard InChI is InChI=1S/C21H25N/c1-16(18-7-3-2-4-8-18)22-15-17-11-12-21(22)14-20-10-6-5-9-19(20)13-17/h2-10,16-17,21H,11-15H2,1H3/t16-,17+,21-/m0/s1. The Hall–Kier alpha value is -1.60. The van der Waals surface area contributed by atoms with Crippen molar-refractivity contribution in [2.75, 3.05) is 6.54 Å². The Bertz CT molecular complexity index is 633. The predicted octanol–water partition coefficient (Wildman–Crippen LogP) is 4.63. The van der Waals surface area contributed by atoms with E-state index in [1.165, 1.54) is 37.8 Å². The fourth-order valence-corrected chi connectivity index (χ4v) is 4.44. The normalized spacial score (nSPS) is 26.0. The second-order valence-corrected chi connectivity index (χ2v) is 7.06. The van der Waals surface area contributed by atoms with Crippen LogP contribution in [0.2, 0.25) is 0 Å². The van der Waals surface area contributed by atoms with Gasteiger partial charge in [-0.25, -0.2) is 0 Å². The fraction of sp³-hybridized carbons (Fsp3) is 0.429. The van der Waals surface area contributed by atoms with E-state index in [0.717, 1.165) is 5.92 Å². The first-order valence-corrected chi connectivity index (χ1v) is 8.69. The van der Waals surface area contributed by atoms with Gasteiger partial charge in [0.1, 0.15) is 0 Å². The molecule has 0 amide bonds. The smallest absolute Gasteiger partial charge is 0.0323 e. The monoisotopic (exact) mass is 291 g/mol. The zero-order valence-corrected chi connectivity index (χ0v) is 13.4. The van der Waals surface area contributed by atoms with Crippen LogP contribution in [0.4, 0.5) is 0 Å². The average molecular weight is 291 g/mol. The lowest BCUT2D eigenvalue weighted by atomic mass is 9.79. The zero-order valence-electron chi connectivity index (χ0n) is 13.4. The van der Waals surface area contributed by atoms with Gasteiger partial charge in [-0.3, -0.25) is 4.90 Å². The van der Waals surface area contributed by atoms with Gasteiger partial charge in [0.25, 0.3) is 0 Å². The maximum atomic E-state index is 2.78. The van der Waals surface area contributed by atoms with Gasteiger partial charge in [-0.15, -0.1) is 0 Å². The molecule has 3 atom stereocenters. The summed E-state index contributed by atoms with van der Waals surface area (Å²) in [6, 6.07) is 21.4. The first-order chi connectivity index (χ1) is 10.8. The largest absolute Gasteiger partial charge is 0.293 e. The van der Waals surface area contributed by atoms with E-state index in [9.17, 15) is 0 Å². The van der Waals surface area contributed by atoms with Crippen LogP contribution in [0.5, 0.6) is 0 Å². The fourth-order valence-electron chi connectivity index (χ4n) is 4.44. The highest BCUT2D eigenvalue weighted by molar-refractivity contribution is 5.30. The minimum absolute atomic E-state index is 0.527. The van der Waals surface area contributed by atoms with Crippen LogP contribution in [0.3, 0.4) is 0 Å². The number of hydrogen-bond acceptors (Lipinski definition) is 1. The molecule has 2 aromatic rings. The molecule has 1 nitrogen and oxygen atoms in total. The van der Waals surface area contributed by atoms with E-state index < -0.39 is 0 Å². The first-order valence-electron chi connectivity index (χ1n) is 8.69. The molecule has 0 radical (unpaired) electrons. The quantitative estimate of drug-likeness (QED) is 0.780. The second kappa shape index (κ2) is 5.89. The van der Waals surface area contributed by atoms with Crippen molar-refractivity contribution in [2.24, 2.45) is 5.92 Å². The lowest BCUT2D eigenvalue weighted by Crippen LogP contribution is -2.47. The highest BCUT2D eigenvalue weighted by Gasteiger charge is 2.34. The number of benzene rings is 2. The Morgan fingerprint density at radius 1 is 0.864 bits per heavy atom. The number of hydrogen-bond donors (Lipinski definition) is 0. The molecule has 2 bridgehead atoms. The number of fused-ring (bicyclic) bond motifs is 2. The first kappa shape index (κ1) is 14.0. The van der Waals surface area contributed by atoms with E-state index in [0.29, 0.717) is 12.1 Å².